The van der Waals surface area contributed by atoms with Gasteiger partial charge >= 0.3 is 0 Å². The van der Waals surface area contributed by atoms with Gasteiger partial charge in [0.05, 0.1) is 19.3 Å². The van der Waals surface area contributed by atoms with Crippen molar-refractivity contribution in [3.05, 3.63) is 12.2 Å². The predicted molar refractivity (Wildman–Crippen MR) is 54.8 cm³/mol. The molecule has 1 saturated carbocycles. The van der Waals surface area contributed by atoms with E-state index < -0.39 is 0 Å². The average molecular weight is 197 g/mol. The maximum atomic E-state index is 8.90. The fourth-order valence-corrected chi connectivity index (χ4v) is 2.63. The van der Waals surface area contributed by atoms with Crippen LogP contribution in [0.4, 0.5) is 0 Å². The van der Waals surface area contributed by atoms with Crippen LogP contribution >= 0.6 is 0 Å². The molecule has 3 atom stereocenters. The minimum absolute atomic E-state index is 0.0210. The number of rotatable bonds is 5. The van der Waals surface area contributed by atoms with E-state index >= 15 is 0 Å². The van der Waals surface area contributed by atoms with Crippen molar-refractivity contribution in [1.82, 2.24) is 5.32 Å². The third kappa shape index (κ3) is 2.00. The summed E-state index contributed by atoms with van der Waals surface area (Å²) in [6, 6.07) is -0.141. The molecular weight excluding hydrogens is 178 g/mol. The fraction of sp³-hybridized carbons (Fsp3) is 0.818. The summed E-state index contributed by atoms with van der Waals surface area (Å²) in [7, 11) is 0. The van der Waals surface area contributed by atoms with Crippen LogP contribution in [-0.4, -0.2) is 36.0 Å². The second-order valence-electron chi connectivity index (χ2n) is 4.51. The van der Waals surface area contributed by atoms with E-state index in [-0.39, 0.29) is 19.3 Å². The molecule has 0 saturated heterocycles. The summed E-state index contributed by atoms with van der Waals surface area (Å²) >= 11 is 0. The fourth-order valence-electron chi connectivity index (χ4n) is 2.63. The molecule has 1 fully saturated rings. The maximum absolute atomic E-state index is 8.90. The first-order valence-corrected chi connectivity index (χ1v) is 5.47. The molecule has 3 nitrogen and oxygen atoms in total. The summed E-state index contributed by atoms with van der Waals surface area (Å²) in [5.41, 5.74) is 0. The molecule has 2 aliphatic rings. The zero-order chi connectivity index (χ0) is 9.97. The van der Waals surface area contributed by atoms with Crippen LogP contribution in [0.3, 0.4) is 0 Å². The molecule has 2 bridgehead atoms. The molecule has 0 radical (unpaired) electrons. The second-order valence-corrected chi connectivity index (χ2v) is 4.51. The van der Waals surface area contributed by atoms with E-state index in [0.29, 0.717) is 5.92 Å². The van der Waals surface area contributed by atoms with Crippen molar-refractivity contribution >= 4 is 0 Å². The topological polar surface area (TPSA) is 52.5 Å². The van der Waals surface area contributed by atoms with Gasteiger partial charge in [-0.3, -0.25) is 0 Å². The number of allylic oxidation sites excluding steroid dienone is 2. The smallest absolute Gasteiger partial charge is 0.0607 e. The molecule has 0 aromatic carbocycles. The summed E-state index contributed by atoms with van der Waals surface area (Å²) in [5, 5.41) is 21.0. The molecular formula is C11H19NO2. The van der Waals surface area contributed by atoms with Crippen molar-refractivity contribution in [3.8, 4) is 0 Å². The van der Waals surface area contributed by atoms with Gasteiger partial charge in [-0.15, -0.1) is 0 Å². The molecule has 3 heteroatoms. The number of nitrogens with one attached hydrogen (secondary N) is 1. The molecule has 0 heterocycles. The highest BCUT2D eigenvalue weighted by molar-refractivity contribution is 5.10. The Labute approximate surface area is 84.8 Å². The zero-order valence-electron chi connectivity index (χ0n) is 8.39. The van der Waals surface area contributed by atoms with Crippen LogP contribution in [0.1, 0.15) is 12.8 Å². The van der Waals surface area contributed by atoms with Crippen LogP contribution < -0.4 is 5.32 Å². The Bertz CT molecular complexity index is 213. The SMILES string of the molecule is OCC(CO)NC[C@H]1C[C@@H]2C=C[C@@H]1C2. The van der Waals surface area contributed by atoms with Crippen LogP contribution in [0.15, 0.2) is 12.2 Å². The van der Waals surface area contributed by atoms with Gasteiger partial charge in [0.1, 0.15) is 0 Å². The van der Waals surface area contributed by atoms with Crippen LogP contribution in [0.2, 0.25) is 0 Å². The molecule has 3 N–H and O–H groups in total. The van der Waals surface area contributed by atoms with Gasteiger partial charge in [-0.1, -0.05) is 12.2 Å². The van der Waals surface area contributed by atoms with Crippen LogP contribution in [0, 0.1) is 17.8 Å². The van der Waals surface area contributed by atoms with Crippen molar-refractivity contribution < 1.29 is 10.2 Å². The normalized spacial score (nSPS) is 34.6. The minimum Gasteiger partial charge on any atom is -0.395 e. The predicted octanol–water partition coefficient (Wildman–Crippen LogP) is 0.141. The van der Waals surface area contributed by atoms with Crippen LogP contribution in [0.5, 0.6) is 0 Å². The average Bonchev–Trinajstić information content (AvgIpc) is 2.80. The maximum Gasteiger partial charge on any atom is 0.0607 e. The van der Waals surface area contributed by atoms with E-state index in [4.69, 9.17) is 10.2 Å². The van der Waals surface area contributed by atoms with Crippen LogP contribution in [0.25, 0.3) is 0 Å². The highest BCUT2D eigenvalue weighted by Gasteiger charge is 2.35. The Morgan fingerprint density at radius 2 is 2.00 bits per heavy atom. The summed E-state index contributed by atoms with van der Waals surface area (Å²) in [5.74, 6) is 2.25. The number of fused-ring (bicyclic) bond motifs is 2. The van der Waals surface area contributed by atoms with Gasteiger partial charge in [-0.05, 0) is 37.1 Å². The Balaban J connectivity index is 1.74. The minimum atomic E-state index is -0.141. The molecule has 0 aromatic heterocycles. The van der Waals surface area contributed by atoms with Gasteiger partial charge in [0, 0.05) is 0 Å². The third-order valence-corrected chi connectivity index (χ3v) is 3.53. The van der Waals surface area contributed by atoms with Gasteiger partial charge in [-0.25, -0.2) is 0 Å². The van der Waals surface area contributed by atoms with Crippen LogP contribution in [-0.2, 0) is 0 Å². The van der Waals surface area contributed by atoms with Crippen molar-refractivity contribution in [2.75, 3.05) is 19.8 Å². The van der Waals surface area contributed by atoms with Gasteiger partial charge in [0.25, 0.3) is 0 Å². The molecule has 0 unspecified atom stereocenters. The largest absolute Gasteiger partial charge is 0.395 e. The quantitative estimate of drug-likeness (QED) is 0.550. The van der Waals surface area contributed by atoms with E-state index in [1.165, 1.54) is 12.8 Å². The lowest BCUT2D eigenvalue weighted by Gasteiger charge is -2.21. The highest BCUT2D eigenvalue weighted by atomic mass is 16.3. The number of aliphatic hydroxyl groups excluding tert-OH is 2. The lowest BCUT2D eigenvalue weighted by Crippen LogP contribution is -2.39. The first-order chi connectivity index (χ1) is 6.83. The van der Waals surface area contributed by atoms with Crippen molar-refractivity contribution in [3.63, 3.8) is 0 Å². The first kappa shape index (κ1) is 10.1. The van der Waals surface area contributed by atoms with Crippen molar-refractivity contribution in [2.45, 2.75) is 18.9 Å². The molecule has 2 rings (SSSR count). The van der Waals surface area contributed by atoms with E-state index in [1.54, 1.807) is 0 Å². The number of hydrogen-bond acceptors (Lipinski definition) is 3. The monoisotopic (exact) mass is 197 g/mol. The Kier molecular flexibility index (Phi) is 3.21. The van der Waals surface area contributed by atoms with E-state index in [0.717, 1.165) is 18.4 Å². The first-order valence-electron chi connectivity index (χ1n) is 5.47. The summed E-state index contributed by atoms with van der Waals surface area (Å²) in [6.07, 6.45) is 7.25. The van der Waals surface area contributed by atoms with E-state index in [1.807, 2.05) is 0 Å². The Hall–Kier alpha value is -0.380. The van der Waals surface area contributed by atoms with Crippen molar-refractivity contribution in [2.24, 2.45) is 17.8 Å². The lowest BCUT2D eigenvalue weighted by atomic mass is 9.93. The zero-order valence-corrected chi connectivity index (χ0v) is 8.39. The Morgan fingerprint density at radius 3 is 2.50 bits per heavy atom. The second kappa shape index (κ2) is 4.43. The van der Waals surface area contributed by atoms with Gasteiger partial charge < -0.3 is 15.5 Å². The van der Waals surface area contributed by atoms with Gasteiger partial charge in [-0.2, -0.15) is 0 Å². The van der Waals surface area contributed by atoms with Gasteiger partial charge in [0.15, 0.2) is 0 Å². The molecule has 2 aliphatic carbocycles. The molecule has 80 valence electrons. The molecule has 0 amide bonds. The third-order valence-electron chi connectivity index (χ3n) is 3.53. The number of hydrogen-bond donors (Lipinski definition) is 3. The molecule has 0 aliphatic heterocycles. The van der Waals surface area contributed by atoms with Crippen molar-refractivity contribution in [1.29, 1.82) is 0 Å². The van der Waals surface area contributed by atoms with Gasteiger partial charge in [0.2, 0.25) is 0 Å². The number of aliphatic hydroxyl groups is 2. The Morgan fingerprint density at radius 1 is 1.21 bits per heavy atom. The molecule has 0 spiro atoms. The van der Waals surface area contributed by atoms with E-state index in [9.17, 15) is 0 Å². The standard InChI is InChI=1S/C11H19NO2/c13-6-11(7-14)12-5-10-4-8-1-2-9(10)3-8/h1-2,8-14H,3-7H2/t8-,9-,10-/m1/s1. The summed E-state index contributed by atoms with van der Waals surface area (Å²) in [4.78, 5) is 0. The summed E-state index contributed by atoms with van der Waals surface area (Å²) in [6.45, 7) is 0.970. The summed E-state index contributed by atoms with van der Waals surface area (Å²) < 4.78 is 0. The lowest BCUT2D eigenvalue weighted by molar-refractivity contribution is 0.165. The van der Waals surface area contributed by atoms with E-state index in [2.05, 4.69) is 17.5 Å². The molecule has 0 aromatic rings. The highest BCUT2D eigenvalue weighted by Crippen LogP contribution is 2.42. The molecule has 14 heavy (non-hydrogen) atoms.